The molecule has 1 amide bonds. The molecule has 5 heteroatoms. The summed E-state index contributed by atoms with van der Waals surface area (Å²) in [7, 11) is 1.84. The van der Waals surface area contributed by atoms with Crippen LogP contribution in [0.2, 0.25) is 0 Å². The number of carbonyl (C=O) groups excluding carboxylic acids is 1. The van der Waals surface area contributed by atoms with Gasteiger partial charge in [0.1, 0.15) is 11.6 Å². The lowest BCUT2D eigenvalue weighted by molar-refractivity contribution is -0.129. The maximum Gasteiger partial charge on any atom is 0.241 e. The molecule has 0 unspecified atom stereocenters. The third-order valence-corrected chi connectivity index (χ3v) is 3.07. The van der Waals surface area contributed by atoms with Crippen molar-refractivity contribution in [1.82, 2.24) is 9.88 Å². The van der Waals surface area contributed by atoms with E-state index < -0.39 is 0 Å². The van der Waals surface area contributed by atoms with E-state index in [1.807, 2.05) is 30.1 Å². The number of carbonyl (C=O) groups is 1. The molecule has 1 fully saturated rings. The second-order valence-corrected chi connectivity index (χ2v) is 4.54. The maximum absolute atomic E-state index is 11.7. The van der Waals surface area contributed by atoms with Gasteiger partial charge >= 0.3 is 0 Å². The van der Waals surface area contributed by atoms with Crippen LogP contribution in [0.3, 0.4) is 0 Å². The molecule has 0 radical (unpaired) electrons. The van der Waals surface area contributed by atoms with Crippen molar-refractivity contribution in [1.29, 1.82) is 0 Å². The topological polar surface area (TPSA) is 48.5 Å². The quantitative estimate of drug-likeness (QED) is 0.869. The lowest BCUT2D eigenvalue weighted by atomic mass is 10.3. The number of hydrogen-bond donors (Lipinski definition) is 1. The van der Waals surface area contributed by atoms with Crippen LogP contribution in [0.25, 0.3) is 0 Å². The van der Waals surface area contributed by atoms with Crippen LogP contribution in [0.4, 0.5) is 11.6 Å². The third-order valence-electron chi connectivity index (χ3n) is 3.07. The van der Waals surface area contributed by atoms with Crippen LogP contribution in [0.1, 0.15) is 13.3 Å². The fourth-order valence-electron chi connectivity index (χ4n) is 1.90. The zero-order valence-corrected chi connectivity index (χ0v) is 11.0. The molecule has 1 saturated heterocycles. The highest BCUT2D eigenvalue weighted by Gasteiger charge is 2.21. The minimum atomic E-state index is 0.148. The largest absolute Gasteiger partial charge is 0.370 e. The molecule has 0 spiro atoms. The highest BCUT2D eigenvalue weighted by molar-refractivity contribution is 5.82. The second-order valence-electron chi connectivity index (χ2n) is 4.54. The van der Waals surface area contributed by atoms with Crippen LogP contribution in [0, 0.1) is 0 Å². The van der Waals surface area contributed by atoms with Crippen LogP contribution >= 0.6 is 0 Å². The molecule has 1 aromatic rings. The summed E-state index contributed by atoms with van der Waals surface area (Å²) in [5.74, 6) is 1.90. The Labute approximate surface area is 108 Å². The molecule has 1 N–H and O–H groups in total. The molecule has 1 aliphatic rings. The number of rotatable bonds is 4. The summed E-state index contributed by atoms with van der Waals surface area (Å²) in [6, 6.07) is 5.88. The fraction of sp³-hybridized carbons (Fsp3) is 0.538. The van der Waals surface area contributed by atoms with E-state index >= 15 is 0 Å². The number of likely N-dealkylation sites (N-methyl/N-ethyl adjacent to an activating group) is 1. The highest BCUT2D eigenvalue weighted by atomic mass is 16.2. The van der Waals surface area contributed by atoms with Crippen molar-refractivity contribution in [3.63, 3.8) is 0 Å². The van der Waals surface area contributed by atoms with E-state index in [2.05, 4.69) is 17.2 Å². The maximum atomic E-state index is 11.7. The smallest absolute Gasteiger partial charge is 0.241 e. The summed E-state index contributed by atoms with van der Waals surface area (Å²) in [6.45, 7) is 5.05. The van der Waals surface area contributed by atoms with Crippen molar-refractivity contribution in [2.45, 2.75) is 13.3 Å². The van der Waals surface area contributed by atoms with Gasteiger partial charge in [0.05, 0.1) is 6.54 Å². The fourth-order valence-corrected chi connectivity index (χ4v) is 1.90. The molecule has 2 heterocycles. The molecular weight excluding hydrogens is 228 g/mol. The van der Waals surface area contributed by atoms with Gasteiger partial charge in [0.25, 0.3) is 0 Å². The molecule has 0 atom stereocenters. The van der Waals surface area contributed by atoms with Crippen LogP contribution in [-0.4, -0.2) is 49.0 Å². The van der Waals surface area contributed by atoms with E-state index in [9.17, 15) is 4.79 Å². The second kappa shape index (κ2) is 5.71. The van der Waals surface area contributed by atoms with E-state index in [1.54, 1.807) is 4.90 Å². The number of aromatic nitrogens is 1. The van der Waals surface area contributed by atoms with Crippen molar-refractivity contribution < 1.29 is 4.79 Å². The summed E-state index contributed by atoms with van der Waals surface area (Å²) in [5, 5.41) is 3.26. The summed E-state index contributed by atoms with van der Waals surface area (Å²) in [5.41, 5.74) is 0. The Hall–Kier alpha value is -1.78. The average Bonchev–Trinajstić information content (AvgIpc) is 2.40. The first-order chi connectivity index (χ1) is 8.70. The van der Waals surface area contributed by atoms with E-state index in [0.717, 1.165) is 37.7 Å². The molecule has 2 rings (SSSR count). The van der Waals surface area contributed by atoms with Gasteiger partial charge in [-0.05, 0) is 18.6 Å². The summed E-state index contributed by atoms with van der Waals surface area (Å²) in [4.78, 5) is 20.0. The van der Waals surface area contributed by atoms with Gasteiger partial charge in [-0.3, -0.25) is 4.79 Å². The van der Waals surface area contributed by atoms with Gasteiger partial charge in [0.2, 0.25) is 5.91 Å². The molecule has 1 aromatic heterocycles. The number of anilines is 2. The number of pyridine rings is 1. The Morgan fingerprint density at radius 1 is 1.39 bits per heavy atom. The van der Waals surface area contributed by atoms with Gasteiger partial charge in [-0.1, -0.05) is 13.0 Å². The normalized spacial score (nSPS) is 16.0. The number of nitrogens with one attached hydrogen (secondary N) is 1. The average molecular weight is 248 g/mol. The Kier molecular flexibility index (Phi) is 4.02. The SMILES string of the molecule is CCCNc1cccc(N2CCN(C)C(=O)C2)n1. The standard InChI is InChI=1S/C13H20N4O/c1-3-7-14-11-5-4-6-12(15-11)17-9-8-16(2)13(18)10-17/h4-6H,3,7-10H2,1-2H3,(H,14,15). The molecule has 0 aromatic carbocycles. The van der Waals surface area contributed by atoms with E-state index in [0.29, 0.717) is 6.54 Å². The molecular formula is C13H20N4O. The number of hydrogen-bond acceptors (Lipinski definition) is 4. The molecule has 1 aliphatic heterocycles. The first kappa shape index (κ1) is 12.7. The number of piperazine rings is 1. The van der Waals surface area contributed by atoms with Gasteiger partial charge in [0.15, 0.2) is 0 Å². The van der Waals surface area contributed by atoms with E-state index in [1.165, 1.54) is 0 Å². The summed E-state index contributed by atoms with van der Waals surface area (Å²) < 4.78 is 0. The minimum absolute atomic E-state index is 0.148. The van der Waals surface area contributed by atoms with Crippen molar-refractivity contribution in [3.8, 4) is 0 Å². The Bertz CT molecular complexity index is 421. The van der Waals surface area contributed by atoms with Gasteiger partial charge in [-0.25, -0.2) is 4.98 Å². The van der Waals surface area contributed by atoms with Crippen molar-refractivity contribution >= 4 is 17.5 Å². The predicted octanol–water partition coefficient (Wildman–Crippen LogP) is 1.18. The Balaban J connectivity index is 2.06. The van der Waals surface area contributed by atoms with Gasteiger partial charge in [-0.15, -0.1) is 0 Å². The van der Waals surface area contributed by atoms with Crippen LogP contribution in [0.15, 0.2) is 18.2 Å². The highest BCUT2D eigenvalue weighted by Crippen LogP contribution is 2.16. The zero-order chi connectivity index (χ0) is 13.0. The lowest BCUT2D eigenvalue weighted by Gasteiger charge is -2.32. The van der Waals surface area contributed by atoms with Gasteiger partial charge < -0.3 is 15.1 Å². The monoisotopic (exact) mass is 248 g/mol. The van der Waals surface area contributed by atoms with E-state index in [-0.39, 0.29) is 5.91 Å². The molecule has 5 nitrogen and oxygen atoms in total. The van der Waals surface area contributed by atoms with E-state index in [4.69, 9.17) is 0 Å². The Morgan fingerprint density at radius 3 is 2.94 bits per heavy atom. The van der Waals surface area contributed by atoms with Crippen molar-refractivity contribution in [2.24, 2.45) is 0 Å². The Morgan fingerprint density at radius 2 is 2.22 bits per heavy atom. The third kappa shape index (κ3) is 2.91. The van der Waals surface area contributed by atoms with Crippen LogP contribution in [0.5, 0.6) is 0 Å². The first-order valence-corrected chi connectivity index (χ1v) is 6.40. The lowest BCUT2D eigenvalue weighted by Crippen LogP contribution is -2.48. The first-order valence-electron chi connectivity index (χ1n) is 6.40. The van der Waals surface area contributed by atoms with Gasteiger partial charge in [-0.2, -0.15) is 0 Å². The molecule has 0 saturated carbocycles. The zero-order valence-electron chi connectivity index (χ0n) is 11.0. The van der Waals surface area contributed by atoms with Crippen LogP contribution < -0.4 is 10.2 Å². The molecule has 0 aliphatic carbocycles. The van der Waals surface area contributed by atoms with Crippen molar-refractivity contribution in [3.05, 3.63) is 18.2 Å². The van der Waals surface area contributed by atoms with Crippen molar-refractivity contribution in [2.75, 3.05) is 43.4 Å². The summed E-state index contributed by atoms with van der Waals surface area (Å²) in [6.07, 6.45) is 1.07. The predicted molar refractivity (Wildman–Crippen MR) is 72.9 cm³/mol. The number of amides is 1. The molecule has 0 bridgehead atoms. The number of nitrogens with zero attached hydrogens (tertiary/aromatic N) is 3. The summed E-state index contributed by atoms with van der Waals surface area (Å²) >= 11 is 0. The van der Waals surface area contributed by atoms with Crippen LogP contribution in [-0.2, 0) is 4.79 Å². The molecule has 98 valence electrons. The minimum Gasteiger partial charge on any atom is -0.370 e. The molecule has 18 heavy (non-hydrogen) atoms. The van der Waals surface area contributed by atoms with Gasteiger partial charge in [0, 0.05) is 26.7 Å².